The third-order valence-electron chi connectivity index (χ3n) is 2.64. The van der Waals surface area contributed by atoms with E-state index in [1.807, 2.05) is 12.1 Å². The zero-order valence-corrected chi connectivity index (χ0v) is 9.74. The SMILES string of the molecule is CCOC(=O)/C(C)=C1/NC(=O)c2ccccc21. The first-order valence-electron chi connectivity index (χ1n) is 5.44. The van der Waals surface area contributed by atoms with Crippen LogP contribution in [0, 0.1) is 0 Å². The first kappa shape index (κ1) is 11.4. The molecule has 1 amide bonds. The van der Waals surface area contributed by atoms with Crippen molar-refractivity contribution in [2.24, 2.45) is 0 Å². The summed E-state index contributed by atoms with van der Waals surface area (Å²) in [6, 6.07) is 7.17. The van der Waals surface area contributed by atoms with E-state index in [0.717, 1.165) is 5.56 Å². The number of carbonyl (C=O) groups is 2. The average molecular weight is 231 g/mol. The van der Waals surface area contributed by atoms with Crippen molar-refractivity contribution in [3.05, 3.63) is 41.0 Å². The molecule has 17 heavy (non-hydrogen) atoms. The number of carbonyl (C=O) groups excluding carboxylic acids is 2. The van der Waals surface area contributed by atoms with Crippen molar-refractivity contribution < 1.29 is 14.3 Å². The molecule has 4 nitrogen and oxygen atoms in total. The van der Waals surface area contributed by atoms with Gasteiger partial charge in [0, 0.05) is 11.1 Å². The second-order valence-corrected chi connectivity index (χ2v) is 3.72. The van der Waals surface area contributed by atoms with Crippen LogP contribution in [0.1, 0.15) is 29.8 Å². The van der Waals surface area contributed by atoms with Crippen LogP contribution in [-0.4, -0.2) is 18.5 Å². The number of hydrogen-bond acceptors (Lipinski definition) is 3. The highest BCUT2D eigenvalue weighted by Crippen LogP contribution is 2.26. The van der Waals surface area contributed by atoms with E-state index in [1.165, 1.54) is 0 Å². The zero-order chi connectivity index (χ0) is 12.4. The van der Waals surface area contributed by atoms with Crippen molar-refractivity contribution in [3.63, 3.8) is 0 Å². The van der Waals surface area contributed by atoms with Gasteiger partial charge in [-0.1, -0.05) is 18.2 Å². The molecule has 0 aromatic heterocycles. The maximum atomic E-state index is 11.7. The Morgan fingerprint density at radius 3 is 2.59 bits per heavy atom. The normalized spacial score (nSPS) is 16.2. The number of benzene rings is 1. The van der Waals surface area contributed by atoms with Gasteiger partial charge in [-0.15, -0.1) is 0 Å². The Hall–Kier alpha value is -2.10. The molecule has 0 saturated heterocycles. The molecule has 1 aliphatic heterocycles. The fourth-order valence-electron chi connectivity index (χ4n) is 1.78. The number of rotatable bonds is 2. The summed E-state index contributed by atoms with van der Waals surface area (Å²) in [6.07, 6.45) is 0. The van der Waals surface area contributed by atoms with Crippen LogP contribution in [0.4, 0.5) is 0 Å². The Kier molecular flexibility index (Phi) is 2.95. The lowest BCUT2D eigenvalue weighted by molar-refractivity contribution is -0.138. The van der Waals surface area contributed by atoms with E-state index in [9.17, 15) is 9.59 Å². The predicted octanol–water partition coefficient (Wildman–Crippen LogP) is 1.72. The summed E-state index contributed by atoms with van der Waals surface area (Å²) in [5.74, 6) is -0.584. The molecule has 1 aromatic rings. The quantitative estimate of drug-likeness (QED) is 0.623. The van der Waals surface area contributed by atoms with Crippen LogP contribution in [0.15, 0.2) is 29.8 Å². The Bertz CT molecular complexity index is 517. The van der Waals surface area contributed by atoms with E-state index in [4.69, 9.17) is 4.74 Å². The minimum atomic E-state index is -0.403. The van der Waals surface area contributed by atoms with Crippen LogP contribution in [0.5, 0.6) is 0 Å². The maximum absolute atomic E-state index is 11.7. The van der Waals surface area contributed by atoms with Gasteiger partial charge >= 0.3 is 5.97 Å². The molecule has 0 unspecified atom stereocenters. The molecule has 0 atom stereocenters. The molecule has 88 valence electrons. The summed E-state index contributed by atoms with van der Waals surface area (Å²) < 4.78 is 4.92. The molecule has 2 rings (SSSR count). The summed E-state index contributed by atoms with van der Waals surface area (Å²) in [5.41, 5.74) is 2.31. The summed E-state index contributed by atoms with van der Waals surface area (Å²) in [7, 11) is 0. The molecule has 0 fully saturated rings. The second kappa shape index (κ2) is 4.41. The summed E-state index contributed by atoms with van der Waals surface area (Å²) in [4.78, 5) is 23.3. The molecule has 1 aromatic carbocycles. The first-order chi connectivity index (χ1) is 8.15. The average Bonchev–Trinajstić information content (AvgIpc) is 2.67. The van der Waals surface area contributed by atoms with Gasteiger partial charge in [0.2, 0.25) is 0 Å². The van der Waals surface area contributed by atoms with Crippen molar-refractivity contribution in [1.82, 2.24) is 5.32 Å². The van der Waals surface area contributed by atoms with Crippen molar-refractivity contribution >= 4 is 17.6 Å². The van der Waals surface area contributed by atoms with E-state index in [-0.39, 0.29) is 5.91 Å². The third kappa shape index (κ3) is 1.93. The minimum absolute atomic E-state index is 0.181. The molecular formula is C13H13NO3. The fourth-order valence-corrected chi connectivity index (χ4v) is 1.78. The highest BCUT2D eigenvalue weighted by Gasteiger charge is 2.26. The highest BCUT2D eigenvalue weighted by molar-refractivity contribution is 6.13. The van der Waals surface area contributed by atoms with Crippen LogP contribution in [-0.2, 0) is 9.53 Å². The van der Waals surface area contributed by atoms with Gasteiger partial charge in [-0.3, -0.25) is 4.79 Å². The summed E-state index contributed by atoms with van der Waals surface area (Å²) >= 11 is 0. The molecule has 0 bridgehead atoms. The van der Waals surface area contributed by atoms with E-state index in [2.05, 4.69) is 5.32 Å². The first-order valence-corrected chi connectivity index (χ1v) is 5.44. The molecule has 4 heteroatoms. The predicted molar refractivity (Wildman–Crippen MR) is 63.1 cm³/mol. The molecule has 1 heterocycles. The van der Waals surface area contributed by atoms with Gasteiger partial charge in [0.05, 0.1) is 17.9 Å². The van der Waals surface area contributed by atoms with E-state index in [1.54, 1.807) is 26.0 Å². The third-order valence-corrected chi connectivity index (χ3v) is 2.64. The Balaban J connectivity index is 2.46. The van der Waals surface area contributed by atoms with Crippen LogP contribution >= 0.6 is 0 Å². The number of nitrogens with one attached hydrogen (secondary N) is 1. The Labute approximate surface area is 99.3 Å². The van der Waals surface area contributed by atoms with Gasteiger partial charge in [0.1, 0.15) is 0 Å². The fraction of sp³-hybridized carbons (Fsp3) is 0.231. The second-order valence-electron chi connectivity index (χ2n) is 3.72. The van der Waals surface area contributed by atoms with Crippen molar-refractivity contribution in [2.45, 2.75) is 13.8 Å². The number of esters is 1. The molecule has 0 aliphatic carbocycles. The van der Waals surface area contributed by atoms with Crippen LogP contribution in [0.3, 0.4) is 0 Å². The van der Waals surface area contributed by atoms with Crippen molar-refractivity contribution in [2.75, 3.05) is 6.61 Å². The van der Waals surface area contributed by atoms with Crippen LogP contribution in [0.2, 0.25) is 0 Å². The molecule has 0 radical (unpaired) electrons. The summed E-state index contributed by atoms with van der Waals surface area (Å²) in [6.45, 7) is 3.71. The zero-order valence-electron chi connectivity index (χ0n) is 9.74. The van der Waals surface area contributed by atoms with E-state index < -0.39 is 5.97 Å². The monoisotopic (exact) mass is 231 g/mol. The molecule has 0 spiro atoms. The highest BCUT2D eigenvalue weighted by atomic mass is 16.5. The van der Waals surface area contributed by atoms with Gasteiger partial charge in [0.25, 0.3) is 5.91 Å². The lowest BCUT2D eigenvalue weighted by atomic mass is 10.1. The molecule has 1 aliphatic rings. The number of hydrogen-bond donors (Lipinski definition) is 1. The van der Waals surface area contributed by atoms with E-state index >= 15 is 0 Å². The van der Waals surface area contributed by atoms with Gasteiger partial charge in [0.15, 0.2) is 0 Å². The topological polar surface area (TPSA) is 55.4 Å². The number of amides is 1. The van der Waals surface area contributed by atoms with Crippen LogP contribution < -0.4 is 5.32 Å². The van der Waals surface area contributed by atoms with Gasteiger partial charge in [-0.2, -0.15) is 0 Å². The van der Waals surface area contributed by atoms with E-state index in [0.29, 0.717) is 23.4 Å². The molecule has 0 saturated carbocycles. The van der Waals surface area contributed by atoms with Gasteiger partial charge in [-0.05, 0) is 19.9 Å². The number of fused-ring (bicyclic) bond motifs is 1. The standard InChI is InChI=1S/C13H13NO3/c1-3-17-13(16)8(2)11-9-6-4-5-7-10(9)12(15)14-11/h4-7H,3H2,1-2H3,(H,14,15)/b11-8+. The lowest BCUT2D eigenvalue weighted by Crippen LogP contribution is -2.16. The van der Waals surface area contributed by atoms with Gasteiger partial charge < -0.3 is 10.1 Å². The lowest BCUT2D eigenvalue weighted by Gasteiger charge is -2.06. The maximum Gasteiger partial charge on any atom is 0.335 e. The van der Waals surface area contributed by atoms with Gasteiger partial charge in [-0.25, -0.2) is 4.79 Å². The molecular weight excluding hydrogens is 218 g/mol. The largest absolute Gasteiger partial charge is 0.463 e. The van der Waals surface area contributed by atoms with Crippen molar-refractivity contribution in [3.8, 4) is 0 Å². The Morgan fingerprint density at radius 2 is 1.94 bits per heavy atom. The number of ether oxygens (including phenoxy) is 1. The smallest absolute Gasteiger partial charge is 0.335 e. The van der Waals surface area contributed by atoms with Crippen LogP contribution in [0.25, 0.3) is 5.70 Å². The Morgan fingerprint density at radius 1 is 1.29 bits per heavy atom. The minimum Gasteiger partial charge on any atom is -0.463 e. The van der Waals surface area contributed by atoms with Crippen molar-refractivity contribution in [1.29, 1.82) is 0 Å². The summed E-state index contributed by atoms with van der Waals surface area (Å²) in [5, 5.41) is 2.70. The molecule has 1 N–H and O–H groups in total.